The van der Waals surface area contributed by atoms with Crippen molar-refractivity contribution < 1.29 is 14.7 Å². The van der Waals surface area contributed by atoms with Crippen molar-refractivity contribution in [2.75, 3.05) is 6.54 Å². The third-order valence-electron chi connectivity index (χ3n) is 4.05. The molecule has 2 aromatic carbocycles. The van der Waals surface area contributed by atoms with E-state index in [2.05, 4.69) is 10.6 Å². The summed E-state index contributed by atoms with van der Waals surface area (Å²) in [7, 11) is 0. The fourth-order valence-electron chi connectivity index (χ4n) is 2.53. The topological polar surface area (TPSA) is 78.4 Å². The van der Waals surface area contributed by atoms with Gasteiger partial charge in [0.05, 0.1) is 6.54 Å². The number of aliphatic hydroxyl groups is 1. The average Bonchev–Trinajstić information content (AvgIpc) is 3.10. The van der Waals surface area contributed by atoms with Gasteiger partial charge in [-0.1, -0.05) is 48.5 Å². The summed E-state index contributed by atoms with van der Waals surface area (Å²) in [4.78, 5) is 24.6. The van der Waals surface area contributed by atoms with Crippen LogP contribution in [0.15, 0.2) is 60.7 Å². The third-order valence-corrected chi connectivity index (χ3v) is 5.42. The van der Waals surface area contributed by atoms with E-state index in [0.717, 1.165) is 20.5 Å². The Labute approximate surface area is 155 Å². The maximum absolute atomic E-state index is 12.0. The molecule has 1 unspecified atom stereocenters. The Bertz CT molecular complexity index is 886. The molecule has 6 heteroatoms. The zero-order valence-electron chi connectivity index (χ0n) is 14.4. The normalized spacial score (nSPS) is 13.2. The fraction of sp³-hybridized carbons (Fsp3) is 0.200. The van der Waals surface area contributed by atoms with Crippen molar-refractivity contribution in [2.45, 2.75) is 19.1 Å². The molecule has 0 fully saturated rings. The number of nitrogens with one attached hydrogen (secondary N) is 2. The molecule has 3 N–H and O–H groups in total. The van der Waals surface area contributed by atoms with Gasteiger partial charge in [0.1, 0.15) is 5.60 Å². The molecule has 0 aliphatic carbocycles. The minimum absolute atomic E-state index is 0.0442. The third kappa shape index (κ3) is 4.28. The van der Waals surface area contributed by atoms with Gasteiger partial charge in [0.2, 0.25) is 0 Å². The van der Waals surface area contributed by atoms with E-state index in [9.17, 15) is 14.7 Å². The second-order valence-corrected chi connectivity index (χ2v) is 7.36. The summed E-state index contributed by atoms with van der Waals surface area (Å²) in [6, 6.07) is 19.1. The van der Waals surface area contributed by atoms with Gasteiger partial charge in [0, 0.05) is 16.1 Å². The Kier molecular flexibility index (Phi) is 5.35. The van der Waals surface area contributed by atoms with Gasteiger partial charge >= 0.3 is 11.8 Å². The van der Waals surface area contributed by atoms with Crippen LogP contribution in [0.25, 0.3) is 10.1 Å². The molecule has 0 radical (unpaired) electrons. The molecule has 5 nitrogen and oxygen atoms in total. The van der Waals surface area contributed by atoms with Crippen molar-refractivity contribution in [3.8, 4) is 0 Å². The molecule has 134 valence electrons. The second-order valence-electron chi connectivity index (χ2n) is 6.27. The lowest BCUT2D eigenvalue weighted by atomic mass is 10.0. The SMILES string of the molecule is CC(O)(CNC(=O)C(=O)NCc1ccccc1)c1cc2ccccc2s1. The standard InChI is InChI=1S/C20H20N2O3S/c1-20(25,17-11-15-9-5-6-10-16(15)26-17)13-22-19(24)18(23)21-12-14-7-3-2-4-8-14/h2-11,25H,12-13H2,1H3,(H,21,23)(H,22,24). The van der Waals surface area contributed by atoms with Crippen LogP contribution in [-0.2, 0) is 21.7 Å². The van der Waals surface area contributed by atoms with Gasteiger partial charge in [0.15, 0.2) is 0 Å². The summed E-state index contributed by atoms with van der Waals surface area (Å²) in [5.74, 6) is -1.48. The highest BCUT2D eigenvalue weighted by molar-refractivity contribution is 7.19. The van der Waals surface area contributed by atoms with Gasteiger partial charge in [-0.2, -0.15) is 0 Å². The van der Waals surface area contributed by atoms with E-state index in [0.29, 0.717) is 0 Å². The van der Waals surface area contributed by atoms with Gasteiger partial charge in [-0.05, 0) is 30.0 Å². The van der Waals surface area contributed by atoms with Crippen molar-refractivity contribution in [3.05, 3.63) is 71.1 Å². The fourth-order valence-corrected chi connectivity index (χ4v) is 3.63. The first-order valence-corrected chi connectivity index (χ1v) is 9.09. The van der Waals surface area contributed by atoms with Crippen LogP contribution < -0.4 is 10.6 Å². The molecule has 0 aliphatic heterocycles. The number of carbonyl (C=O) groups excluding carboxylic acids is 2. The highest BCUT2D eigenvalue weighted by atomic mass is 32.1. The number of carbonyl (C=O) groups is 2. The molecule has 26 heavy (non-hydrogen) atoms. The molecule has 1 atom stereocenters. The highest BCUT2D eigenvalue weighted by Crippen LogP contribution is 2.32. The van der Waals surface area contributed by atoms with Gasteiger partial charge in [-0.3, -0.25) is 9.59 Å². The van der Waals surface area contributed by atoms with Crippen molar-refractivity contribution in [3.63, 3.8) is 0 Å². The molecule has 0 saturated heterocycles. The van der Waals surface area contributed by atoms with Gasteiger partial charge in [0.25, 0.3) is 0 Å². The molecule has 3 aromatic rings. The number of rotatable bonds is 5. The van der Waals surface area contributed by atoms with E-state index in [1.165, 1.54) is 11.3 Å². The van der Waals surface area contributed by atoms with E-state index >= 15 is 0 Å². The first-order valence-electron chi connectivity index (χ1n) is 8.27. The molecule has 0 spiro atoms. The van der Waals surface area contributed by atoms with Crippen LogP contribution in [0, 0.1) is 0 Å². The summed E-state index contributed by atoms with van der Waals surface area (Å²) in [6.07, 6.45) is 0. The maximum atomic E-state index is 12.0. The number of fused-ring (bicyclic) bond motifs is 1. The summed E-state index contributed by atoms with van der Waals surface area (Å²) in [5, 5.41) is 16.8. The van der Waals surface area contributed by atoms with Crippen LogP contribution >= 0.6 is 11.3 Å². The Balaban J connectivity index is 1.56. The zero-order chi connectivity index (χ0) is 18.6. The van der Waals surface area contributed by atoms with Gasteiger partial charge in [-0.25, -0.2) is 0 Å². The smallest absolute Gasteiger partial charge is 0.309 e. The van der Waals surface area contributed by atoms with Crippen LogP contribution in [0.4, 0.5) is 0 Å². The first kappa shape index (κ1) is 18.1. The predicted octanol–water partition coefficient (Wildman–Crippen LogP) is 2.54. The lowest BCUT2D eigenvalue weighted by molar-refractivity contribution is -0.139. The minimum Gasteiger partial charge on any atom is -0.383 e. The second kappa shape index (κ2) is 7.68. The predicted molar refractivity (Wildman–Crippen MR) is 103 cm³/mol. The summed E-state index contributed by atoms with van der Waals surface area (Å²) in [5.41, 5.74) is -0.343. The van der Waals surface area contributed by atoms with Crippen LogP contribution in [0.1, 0.15) is 17.4 Å². The molecular weight excluding hydrogens is 348 g/mol. The van der Waals surface area contributed by atoms with Crippen LogP contribution in [0.5, 0.6) is 0 Å². The number of amides is 2. The Morgan fingerprint density at radius 3 is 2.38 bits per heavy atom. The molecule has 0 saturated carbocycles. The number of benzene rings is 2. The highest BCUT2D eigenvalue weighted by Gasteiger charge is 2.27. The quantitative estimate of drug-likeness (QED) is 0.606. The molecule has 2 amide bonds. The maximum Gasteiger partial charge on any atom is 0.309 e. The minimum atomic E-state index is -1.25. The summed E-state index contributed by atoms with van der Waals surface area (Å²) >= 11 is 1.47. The van der Waals surface area contributed by atoms with Crippen molar-refractivity contribution in [1.29, 1.82) is 0 Å². The van der Waals surface area contributed by atoms with E-state index in [4.69, 9.17) is 0 Å². The lowest BCUT2D eigenvalue weighted by Crippen LogP contribution is -2.45. The Morgan fingerprint density at radius 1 is 1.00 bits per heavy atom. The van der Waals surface area contributed by atoms with Crippen LogP contribution in [0.3, 0.4) is 0 Å². The largest absolute Gasteiger partial charge is 0.383 e. The molecule has 1 aromatic heterocycles. The molecule has 1 heterocycles. The Morgan fingerprint density at radius 2 is 1.65 bits per heavy atom. The van der Waals surface area contributed by atoms with Crippen molar-refractivity contribution >= 4 is 33.2 Å². The van der Waals surface area contributed by atoms with Crippen LogP contribution in [-0.4, -0.2) is 23.5 Å². The van der Waals surface area contributed by atoms with E-state index in [1.807, 2.05) is 60.7 Å². The van der Waals surface area contributed by atoms with Crippen molar-refractivity contribution in [1.82, 2.24) is 10.6 Å². The molecular formula is C20H20N2O3S. The van der Waals surface area contributed by atoms with Crippen LogP contribution in [0.2, 0.25) is 0 Å². The zero-order valence-corrected chi connectivity index (χ0v) is 15.2. The van der Waals surface area contributed by atoms with E-state index < -0.39 is 17.4 Å². The van der Waals surface area contributed by atoms with Gasteiger partial charge < -0.3 is 15.7 Å². The molecule has 0 aliphatic rings. The average molecular weight is 368 g/mol. The first-order chi connectivity index (χ1) is 12.5. The van der Waals surface area contributed by atoms with Crippen molar-refractivity contribution in [2.24, 2.45) is 0 Å². The van der Waals surface area contributed by atoms with E-state index in [-0.39, 0.29) is 13.1 Å². The lowest BCUT2D eigenvalue weighted by Gasteiger charge is -2.22. The summed E-state index contributed by atoms with van der Waals surface area (Å²) in [6.45, 7) is 1.86. The number of hydrogen-bond donors (Lipinski definition) is 3. The monoisotopic (exact) mass is 368 g/mol. The summed E-state index contributed by atoms with van der Waals surface area (Å²) < 4.78 is 1.06. The van der Waals surface area contributed by atoms with E-state index in [1.54, 1.807) is 6.92 Å². The Hall–Kier alpha value is -2.70. The molecule has 3 rings (SSSR count). The number of hydrogen-bond acceptors (Lipinski definition) is 4. The van der Waals surface area contributed by atoms with Gasteiger partial charge in [-0.15, -0.1) is 11.3 Å². The number of thiophene rings is 1. The molecule has 0 bridgehead atoms.